The number of anilines is 1. The van der Waals surface area contributed by atoms with Crippen LogP contribution in [0.15, 0.2) is 6.20 Å². The van der Waals surface area contributed by atoms with Gasteiger partial charge in [-0.1, -0.05) is 18.3 Å². The highest BCUT2D eigenvalue weighted by Crippen LogP contribution is 2.38. The molecule has 104 valence electrons. The molecular formula is C11H16N4O3S. The average Bonchev–Trinajstić information content (AvgIpc) is 2.97. The van der Waals surface area contributed by atoms with Crippen molar-refractivity contribution in [2.24, 2.45) is 11.3 Å². The second-order valence-electron chi connectivity index (χ2n) is 5.00. The lowest BCUT2D eigenvalue weighted by atomic mass is 9.76. The predicted molar refractivity (Wildman–Crippen MR) is 70.0 cm³/mol. The Labute approximate surface area is 114 Å². The summed E-state index contributed by atoms with van der Waals surface area (Å²) in [7, 11) is 0. The Kier molecular flexibility index (Phi) is 3.70. The number of hydrogen-bond acceptors (Lipinski definition) is 5. The molecular weight excluding hydrogens is 268 g/mol. The van der Waals surface area contributed by atoms with E-state index in [0.29, 0.717) is 18.0 Å². The van der Waals surface area contributed by atoms with Crippen LogP contribution < -0.4 is 5.32 Å². The van der Waals surface area contributed by atoms with Crippen molar-refractivity contribution >= 4 is 28.5 Å². The molecule has 1 fully saturated rings. The molecule has 0 aromatic carbocycles. The first kappa shape index (κ1) is 13.7. The standard InChI is InChI=1S/C11H16N4O3S/c1-7(2)11(9(16)17)3-4-15(6-11)10(18)13-8-5-12-14-19-8/h5,7H,3-4,6H2,1-2H3,(H,13,18)(H,16,17). The van der Waals surface area contributed by atoms with Crippen LogP contribution in [0.4, 0.5) is 9.80 Å². The first-order valence-electron chi connectivity index (χ1n) is 6.02. The van der Waals surface area contributed by atoms with Gasteiger partial charge in [-0.25, -0.2) is 4.79 Å². The predicted octanol–water partition coefficient (Wildman–Crippen LogP) is 1.50. The van der Waals surface area contributed by atoms with Crippen molar-refractivity contribution < 1.29 is 14.7 Å². The molecule has 0 spiro atoms. The van der Waals surface area contributed by atoms with E-state index in [-0.39, 0.29) is 18.5 Å². The molecule has 1 saturated heterocycles. The summed E-state index contributed by atoms with van der Waals surface area (Å²) >= 11 is 1.09. The van der Waals surface area contributed by atoms with Crippen molar-refractivity contribution in [2.45, 2.75) is 20.3 Å². The van der Waals surface area contributed by atoms with E-state index in [0.717, 1.165) is 11.5 Å². The topological polar surface area (TPSA) is 95.4 Å². The maximum atomic E-state index is 12.0. The van der Waals surface area contributed by atoms with Crippen LogP contribution in [-0.4, -0.2) is 44.7 Å². The number of carboxylic acids is 1. The Balaban J connectivity index is 2.05. The second kappa shape index (κ2) is 5.12. The van der Waals surface area contributed by atoms with Crippen molar-refractivity contribution in [3.63, 3.8) is 0 Å². The fourth-order valence-electron chi connectivity index (χ4n) is 2.31. The van der Waals surface area contributed by atoms with E-state index in [2.05, 4.69) is 14.9 Å². The third-order valence-corrected chi connectivity index (χ3v) is 4.29. The van der Waals surface area contributed by atoms with Crippen LogP contribution in [0.5, 0.6) is 0 Å². The Morgan fingerprint density at radius 2 is 2.32 bits per heavy atom. The van der Waals surface area contributed by atoms with Gasteiger partial charge in [0.1, 0.15) is 5.00 Å². The molecule has 1 atom stereocenters. The number of amides is 2. The number of rotatable bonds is 3. The number of aliphatic carboxylic acids is 1. The molecule has 19 heavy (non-hydrogen) atoms. The highest BCUT2D eigenvalue weighted by Gasteiger charge is 2.48. The summed E-state index contributed by atoms with van der Waals surface area (Å²) in [6.45, 7) is 4.44. The fraction of sp³-hybridized carbons (Fsp3) is 0.636. The number of carbonyl (C=O) groups excluding carboxylic acids is 1. The molecule has 2 rings (SSSR count). The van der Waals surface area contributed by atoms with Gasteiger partial charge in [-0.2, -0.15) is 0 Å². The summed E-state index contributed by atoms with van der Waals surface area (Å²) in [5.74, 6) is -0.856. The van der Waals surface area contributed by atoms with Crippen LogP contribution in [-0.2, 0) is 4.79 Å². The zero-order chi connectivity index (χ0) is 14.0. The van der Waals surface area contributed by atoms with E-state index >= 15 is 0 Å². The van der Waals surface area contributed by atoms with E-state index in [4.69, 9.17) is 0 Å². The van der Waals surface area contributed by atoms with Gasteiger partial charge in [-0.05, 0) is 12.3 Å². The van der Waals surface area contributed by atoms with Crippen molar-refractivity contribution in [1.29, 1.82) is 0 Å². The minimum atomic E-state index is -0.844. The lowest BCUT2D eigenvalue weighted by Gasteiger charge is -2.28. The molecule has 0 aliphatic carbocycles. The molecule has 0 bridgehead atoms. The maximum Gasteiger partial charge on any atom is 0.322 e. The molecule has 1 aromatic heterocycles. The van der Waals surface area contributed by atoms with Gasteiger partial charge in [0.15, 0.2) is 0 Å². The third-order valence-electron chi connectivity index (χ3n) is 3.71. The van der Waals surface area contributed by atoms with Gasteiger partial charge in [0.2, 0.25) is 0 Å². The quantitative estimate of drug-likeness (QED) is 0.877. The van der Waals surface area contributed by atoms with Gasteiger partial charge < -0.3 is 10.0 Å². The molecule has 1 aliphatic heterocycles. The van der Waals surface area contributed by atoms with Crippen molar-refractivity contribution in [2.75, 3.05) is 18.4 Å². The van der Waals surface area contributed by atoms with Crippen LogP contribution in [0, 0.1) is 11.3 Å². The minimum absolute atomic E-state index is 0.0205. The summed E-state index contributed by atoms with van der Waals surface area (Å²) in [4.78, 5) is 25.0. The molecule has 0 radical (unpaired) electrons. The Morgan fingerprint density at radius 3 is 2.79 bits per heavy atom. The van der Waals surface area contributed by atoms with Gasteiger partial charge in [-0.3, -0.25) is 10.1 Å². The number of nitrogens with one attached hydrogen (secondary N) is 1. The minimum Gasteiger partial charge on any atom is -0.481 e. The van der Waals surface area contributed by atoms with Crippen LogP contribution in [0.2, 0.25) is 0 Å². The van der Waals surface area contributed by atoms with Gasteiger partial charge >= 0.3 is 12.0 Å². The first-order valence-corrected chi connectivity index (χ1v) is 6.80. The molecule has 2 amide bonds. The van der Waals surface area contributed by atoms with Gasteiger partial charge in [0, 0.05) is 24.6 Å². The molecule has 8 heteroatoms. The van der Waals surface area contributed by atoms with E-state index in [9.17, 15) is 14.7 Å². The summed E-state index contributed by atoms with van der Waals surface area (Å²) in [6.07, 6.45) is 1.94. The summed E-state index contributed by atoms with van der Waals surface area (Å²) in [6, 6.07) is -0.296. The fourth-order valence-corrected chi connectivity index (χ4v) is 2.72. The number of hydrogen-bond donors (Lipinski definition) is 2. The zero-order valence-electron chi connectivity index (χ0n) is 10.8. The van der Waals surface area contributed by atoms with Gasteiger partial charge in [0.05, 0.1) is 11.6 Å². The molecule has 1 aliphatic rings. The van der Waals surface area contributed by atoms with Crippen LogP contribution >= 0.6 is 11.5 Å². The summed E-state index contributed by atoms with van der Waals surface area (Å²) < 4.78 is 3.65. The second-order valence-corrected chi connectivity index (χ2v) is 5.79. The number of likely N-dealkylation sites (tertiary alicyclic amines) is 1. The van der Waals surface area contributed by atoms with Crippen LogP contribution in [0.25, 0.3) is 0 Å². The highest BCUT2D eigenvalue weighted by atomic mass is 32.1. The van der Waals surface area contributed by atoms with Crippen LogP contribution in [0.1, 0.15) is 20.3 Å². The summed E-state index contributed by atoms with van der Waals surface area (Å²) in [5, 5.41) is 16.3. The lowest BCUT2D eigenvalue weighted by Crippen LogP contribution is -2.41. The van der Waals surface area contributed by atoms with Crippen molar-refractivity contribution in [1.82, 2.24) is 14.5 Å². The number of aromatic nitrogens is 2. The molecule has 1 aromatic rings. The van der Waals surface area contributed by atoms with E-state index in [1.165, 1.54) is 11.1 Å². The molecule has 2 N–H and O–H groups in total. The number of carboxylic acid groups (broad SMARTS) is 1. The smallest absolute Gasteiger partial charge is 0.322 e. The number of urea groups is 1. The number of nitrogens with zero attached hydrogens (tertiary/aromatic N) is 3. The Hall–Kier alpha value is -1.70. The lowest BCUT2D eigenvalue weighted by molar-refractivity contribution is -0.150. The molecule has 7 nitrogen and oxygen atoms in total. The third kappa shape index (κ3) is 2.53. The van der Waals surface area contributed by atoms with E-state index in [1.54, 1.807) is 0 Å². The normalized spacial score (nSPS) is 22.8. The van der Waals surface area contributed by atoms with Gasteiger partial charge in [0.25, 0.3) is 0 Å². The van der Waals surface area contributed by atoms with E-state index < -0.39 is 11.4 Å². The SMILES string of the molecule is CC(C)C1(C(=O)O)CCN(C(=O)Nc2cnns2)C1. The van der Waals surface area contributed by atoms with Gasteiger partial charge in [-0.15, -0.1) is 5.10 Å². The molecule has 0 saturated carbocycles. The van der Waals surface area contributed by atoms with E-state index in [1.807, 2.05) is 13.8 Å². The van der Waals surface area contributed by atoms with Crippen molar-refractivity contribution in [3.8, 4) is 0 Å². The Morgan fingerprint density at radius 1 is 1.58 bits per heavy atom. The average molecular weight is 284 g/mol. The molecule has 1 unspecified atom stereocenters. The maximum absolute atomic E-state index is 12.0. The summed E-state index contributed by atoms with van der Waals surface area (Å²) in [5.41, 5.74) is -0.844. The zero-order valence-corrected chi connectivity index (χ0v) is 11.6. The highest BCUT2D eigenvalue weighted by molar-refractivity contribution is 7.10. The monoisotopic (exact) mass is 284 g/mol. The Bertz CT molecular complexity index is 476. The first-order chi connectivity index (χ1) is 8.95. The molecule has 2 heterocycles. The van der Waals surface area contributed by atoms with Crippen molar-refractivity contribution in [3.05, 3.63) is 6.20 Å². The largest absolute Gasteiger partial charge is 0.481 e. The van der Waals surface area contributed by atoms with Crippen LogP contribution in [0.3, 0.4) is 0 Å². The number of carbonyl (C=O) groups is 2.